The lowest BCUT2D eigenvalue weighted by Crippen LogP contribution is -2.42. The van der Waals surface area contributed by atoms with Gasteiger partial charge in [0.25, 0.3) is 0 Å². The smallest absolute Gasteiger partial charge is 0.155 e. The third-order valence-corrected chi connectivity index (χ3v) is 5.13. The molecule has 0 saturated carbocycles. The van der Waals surface area contributed by atoms with Gasteiger partial charge >= 0.3 is 0 Å². The minimum absolute atomic E-state index is 0.122. The molecule has 1 fully saturated rings. The predicted octanol–water partition coefficient (Wildman–Crippen LogP) is 1.47. The molecule has 4 heterocycles. The van der Waals surface area contributed by atoms with Crippen molar-refractivity contribution in [2.45, 2.75) is 38.7 Å². The van der Waals surface area contributed by atoms with Crippen LogP contribution >= 0.6 is 0 Å². The summed E-state index contributed by atoms with van der Waals surface area (Å²) in [5.41, 5.74) is 2.93. The van der Waals surface area contributed by atoms with Gasteiger partial charge in [-0.05, 0) is 36.4 Å². The van der Waals surface area contributed by atoms with Crippen LogP contribution < -0.4 is 15.7 Å². The lowest BCUT2D eigenvalue weighted by Gasteiger charge is -2.35. The molecule has 8 heteroatoms. The standard InChI is InChI=1S/C19H24BN6O/c1-20-16-12-23-26-17(22-11-14-5-4-7-21-10-14)9-18(24-19(16)26)25-8-3-2-6-15(25)13-27/h4-5,7,9-10,12,15,22,27H,2-3,6,8,11,13H2,1H3. The minimum Gasteiger partial charge on any atom is -0.394 e. The normalized spacial score (nSPS) is 17.3. The number of nitrogens with zero attached hydrogens (tertiary/aromatic N) is 5. The lowest BCUT2D eigenvalue weighted by molar-refractivity contribution is 0.239. The van der Waals surface area contributed by atoms with Crippen molar-refractivity contribution in [3.05, 3.63) is 42.4 Å². The highest BCUT2D eigenvalue weighted by atomic mass is 16.3. The molecule has 139 valence electrons. The number of hydrogen-bond donors (Lipinski definition) is 2. The summed E-state index contributed by atoms with van der Waals surface area (Å²) < 4.78 is 1.84. The largest absolute Gasteiger partial charge is 0.394 e. The molecule has 3 aromatic rings. The zero-order valence-electron chi connectivity index (χ0n) is 15.5. The van der Waals surface area contributed by atoms with E-state index in [2.05, 4.69) is 20.3 Å². The van der Waals surface area contributed by atoms with Crippen molar-refractivity contribution in [1.29, 1.82) is 0 Å². The summed E-state index contributed by atoms with van der Waals surface area (Å²) in [6, 6.07) is 6.13. The van der Waals surface area contributed by atoms with Gasteiger partial charge in [0.1, 0.15) is 11.6 Å². The number of hydrogen-bond acceptors (Lipinski definition) is 6. The molecular weight excluding hydrogens is 339 g/mol. The van der Waals surface area contributed by atoms with Crippen molar-refractivity contribution in [3.8, 4) is 0 Å². The average Bonchev–Trinajstić information content (AvgIpc) is 3.16. The quantitative estimate of drug-likeness (QED) is 0.646. The van der Waals surface area contributed by atoms with E-state index in [-0.39, 0.29) is 12.6 Å². The Morgan fingerprint density at radius 3 is 3.04 bits per heavy atom. The van der Waals surface area contributed by atoms with Crippen molar-refractivity contribution in [1.82, 2.24) is 19.6 Å². The molecule has 1 atom stereocenters. The van der Waals surface area contributed by atoms with Crippen molar-refractivity contribution in [3.63, 3.8) is 0 Å². The maximum absolute atomic E-state index is 9.80. The second kappa shape index (κ2) is 7.96. The van der Waals surface area contributed by atoms with Gasteiger partial charge in [0.05, 0.1) is 12.6 Å². The average molecular weight is 363 g/mol. The number of nitrogens with one attached hydrogen (secondary N) is 1. The first kappa shape index (κ1) is 17.8. The lowest BCUT2D eigenvalue weighted by atomic mass is 9.75. The van der Waals surface area contributed by atoms with Crippen LogP contribution in [0.15, 0.2) is 36.8 Å². The van der Waals surface area contributed by atoms with Gasteiger partial charge < -0.3 is 15.3 Å². The summed E-state index contributed by atoms with van der Waals surface area (Å²) >= 11 is 0. The Balaban J connectivity index is 1.71. The van der Waals surface area contributed by atoms with Gasteiger partial charge in [-0.1, -0.05) is 12.9 Å². The molecule has 27 heavy (non-hydrogen) atoms. The number of fused-ring (bicyclic) bond motifs is 1. The van der Waals surface area contributed by atoms with Crippen molar-refractivity contribution in [2.24, 2.45) is 0 Å². The molecule has 0 aromatic carbocycles. The zero-order valence-corrected chi connectivity index (χ0v) is 15.5. The molecule has 4 rings (SSSR count). The fraction of sp³-hybridized carbons (Fsp3) is 0.421. The van der Waals surface area contributed by atoms with Crippen LogP contribution in [0.1, 0.15) is 24.8 Å². The molecule has 1 aliphatic rings. The Hall–Kier alpha value is -2.61. The van der Waals surface area contributed by atoms with E-state index in [4.69, 9.17) is 4.98 Å². The summed E-state index contributed by atoms with van der Waals surface area (Å²) in [7, 11) is 2.02. The van der Waals surface area contributed by atoms with Gasteiger partial charge in [-0.15, -0.1) is 0 Å². The van der Waals surface area contributed by atoms with Crippen molar-refractivity contribution < 1.29 is 5.11 Å². The second-order valence-electron chi connectivity index (χ2n) is 6.86. The summed E-state index contributed by atoms with van der Waals surface area (Å²) in [4.78, 5) is 11.3. The highest BCUT2D eigenvalue weighted by Crippen LogP contribution is 2.26. The summed E-state index contributed by atoms with van der Waals surface area (Å²) in [6.45, 7) is 3.71. The molecule has 2 N–H and O–H groups in total. The molecular formula is C19H24BN6O. The van der Waals surface area contributed by atoms with Crippen LogP contribution in [0, 0.1) is 0 Å². The SMILES string of the molecule is C[B]c1cnn2c(NCc3cccnc3)cc(N3CCCCC3CO)nc12. The molecule has 3 aromatic heterocycles. The van der Waals surface area contributed by atoms with E-state index in [1.807, 2.05) is 49.2 Å². The maximum Gasteiger partial charge on any atom is 0.155 e. The van der Waals surface area contributed by atoms with E-state index in [9.17, 15) is 5.11 Å². The number of aliphatic hydroxyl groups excluding tert-OH is 1. The Morgan fingerprint density at radius 1 is 1.33 bits per heavy atom. The molecule has 0 spiro atoms. The van der Waals surface area contributed by atoms with Gasteiger partial charge in [0.2, 0.25) is 0 Å². The fourth-order valence-corrected chi connectivity index (χ4v) is 3.63. The van der Waals surface area contributed by atoms with E-state index in [1.165, 1.54) is 0 Å². The Labute approximate surface area is 159 Å². The van der Waals surface area contributed by atoms with Gasteiger partial charge in [0, 0.05) is 37.7 Å². The minimum atomic E-state index is 0.122. The van der Waals surface area contributed by atoms with E-state index in [0.717, 1.165) is 54.1 Å². The Bertz CT molecular complexity index is 900. The number of rotatable bonds is 6. The first-order valence-electron chi connectivity index (χ1n) is 9.48. The monoisotopic (exact) mass is 363 g/mol. The molecule has 0 bridgehead atoms. The summed E-state index contributed by atoms with van der Waals surface area (Å²) in [6.07, 6.45) is 8.72. The molecule has 0 amide bonds. The van der Waals surface area contributed by atoms with Gasteiger partial charge in [-0.3, -0.25) is 4.98 Å². The van der Waals surface area contributed by atoms with E-state index < -0.39 is 0 Å². The molecule has 0 aliphatic carbocycles. The summed E-state index contributed by atoms with van der Waals surface area (Å²) in [5, 5.41) is 17.8. The number of aliphatic hydroxyl groups is 1. The van der Waals surface area contributed by atoms with Gasteiger partial charge in [-0.25, -0.2) is 4.98 Å². The highest BCUT2D eigenvalue weighted by Gasteiger charge is 2.24. The number of anilines is 2. The third-order valence-electron chi connectivity index (χ3n) is 5.13. The van der Waals surface area contributed by atoms with E-state index in [1.54, 1.807) is 6.20 Å². The van der Waals surface area contributed by atoms with Crippen molar-refractivity contribution in [2.75, 3.05) is 23.4 Å². The second-order valence-corrected chi connectivity index (χ2v) is 6.86. The molecule has 1 aliphatic heterocycles. The van der Waals surface area contributed by atoms with Crippen molar-refractivity contribution >= 4 is 30.0 Å². The Kier molecular flexibility index (Phi) is 5.24. The van der Waals surface area contributed by atoms with Gasteiger partial charge in [0.15, 0.2) is 12.9 Å². The zero-order chi connectivity index (χ0) is 18.6. The topological polar surface area (TPSA) is 78.6 Å². The van der Waals surface area contributed by atoms with Crippen LogP contribution in [-0.4, -0.2) is 51.2 Å². The molecule has 1 saturated heterocycles. The first-order chi connectivity index (χ1) is 13.3. The number of pyridine rings is 1. The van der Waals surface area contributed by atoms with E-state index in [0.29, 0.717) is 6.54 Å². The van der Waals surface area contributed by atoms with Crippen LogP contribution in [0.5, 0.6) is 0 Å². The predicted molar refractivity (Wildman–Crippen MR) is 108 cm³/mol. The molecule has 1 radical (unpaired) electrons. The molecule has 7 nitrogen and oxygen atoms in total. The van der Waals surface area contributed by atoms with E-state index >= 15 is 0 Å². The summed E-state index contributed by atoms with van der Waals surface area (Å²) in [5.74, 6) is 1.77. The van der Waals surface area contributed by atoms with Crippen LogP contribution in [-0.2, 0) is 6.54 Å². The van der Waals surface area contributed by atoms with Gasteiger partial charge in [-0.2, -0.15) is 9.61 Å². The fourth-order valence-electron chi connectivity index (χ4n) is 3.63. The van der Waals surface area contributed by atoms with Crippen LogP contribution in [0.3, 0.4) is 0 Å². The first-order valence-corrected chi connectivity index (χ1v) is 9.48. The van der Waals surface area contributed by atoms with Crippen LogP contribution in [0.4, 0.5) is 11.6 Å². The maximum atomic E-state index is 9.80. The number of aromatic nitrogens is 4. The highest BCUT2D eigenvalue weighted by molar-refractivity contribution is 6.54. The van der Waals surface area contributed by atoms with Crippen LogP contribution in [0.25, 0.3) is 5.65 Å². The number of piperidine rings is 1. The Morgan fingerprint density at radius 2 is 2.26 bits per heavy atom. The van der Waals surface area contributed by atoms with Crippen LogP contribution in [0.2, 0.25) is 6.82 Å². The third kappa shape index (κ3) is 3.62. The molecule has 1 unspecified atom stereocenters.